The van der Waals surface area contributed by atoms with E-state index in [2.05, 4.69) is 25.1 Å². The Bertz CT molecular complexity index is 181. The minimum absolute atomic E-state index is 0.481. The Kier molecular flexibility index (Phi) is 3.49. The number of rotatable bonds is 2. The van der Waals surface area contributed by atoms with Gasteiger partial charge in [0.1, 0.15) is 0 Å². The van der Waals surface area contributed by atoms with Crippen molar-refractivity contribution in [3.63, 3.8) is 0 Å². The van der Waals surface area contributed by atoms with E-state index in [0.29, 0.717) is 18.0 Å². The highest BCUT2D eigenvalue weighted by atomic mass is 32.2. The maximum Gasteiger partial charge on any atom is 0.0576 e. The van der Waals surface area contributed by atoms with Gasteiger partial charge in [0.2, 0.25) is 0 Å². The predicted octanol–water partition coefficient (Wildman–Crippen LogP) is 1.74. The van der Waals surface area contributed by atoms with Crippen LogP contribution in [0.2, 0.25) is 0 Å². The molecule has 68 valence electrons. The zero-order valence-corrected chi connectivity index (χ0v) is 8.71. The molecule has 1 aliphatic rings. The van der Waals surface area contributed by atoms with E-state index >= 15 is 0 Å². The Balaban J connectivity index is 2.32. The van der Waals surface area contributed by atoms with Crippen LogP contribution in [-0.2, 0) is 0 Å². The first-order chi connectivity index (χ1) is 5.64. The third-order valence-electron chi connectivity index (χ3n) is 2.10. The molecule has 0 aromatic carbocycles. The molecule has 2 heteroatoms. The zero-order chi connectivity index (χ0) is 9.03. The first-order valence-corrected chi connectivity index (χ1v) is 5.54. The summed E-state index contributed by atoms with van der Waals surface area (Å²) in [6.45, 7) is 5.36. The molecule has 0 saturated carbocycles. The van der Waals surface area contributed by atoms with Crippen molar-refractivity contribution in [2.45, 2.75) is 26.3 Å². The smallest absolute Gasteiger partial charge is 0.0576 e. The fraction of sp³-hybridized carbons (Fsp3) is 0.800. The van der Waals surface area contributed by atoms with Gasteiger partial charge in [0, 0.05) is 11.8 Å². The molecule has 0 aromatic rings. The minimum atomic E-state index is 0.481. The van der Waals surface area contributed by atoms with Gasteiger partial charge in [-0.2, -0.15) is 11.8 Å². The van der Waals surface area contributed by atoms with Crippen molar-refractivity contribution < 1.29 is 0 Å². The molecule has 1 aliphatic heterocycles. The van der Waals surface area contributed by atoms with Crippen LogP contribution in [0.4, 0.5) is 0 Å². The standard InChI is InChI=1S/C10H17NS/c1-4-5-11-9-6-10(2,3)8-12-7-9/h1,9,11H,5-8H2,2-3H3. The van der Waals surface area contributed by atoms with Crippen LogP contribution >= 0.6 is 11.8 Å². The van der Waals surface area contributed by atoms with Gasteiger partial charge < -0.3 is 5.32 Å². The lowest BCUT2D eigenvalue weighted by Crippen LogP contribution is -2.40. The summed E-state index contributed by atoms with van der Waals surface area (Å²) in [6.07, 6.45) is 6.45. The van der Waals surface area contributed by atoms with Gasteiger partial charge >= 0.3 is 0 Å². The first-order valence-electron chi connectivity index (χ1n) is 4.39. The van der Waals surface area contributed by atoms with Crippen LogP contribution in [0.3, 0.4) is 0 Å². The second kappa shape index (κ2) is 4.20. The van der Waals surface area contributed by atoms with Gasteiger partial charge in [-0.15, -0.1) is 6.42 Å². The normalized spacial score (nSPS) is 27.9. The molecule has 1 atom stereocenters. The van der Waals surface area contributed by atoms with E-state index < -0.39 is 0 Å². The Hall–Kier alpha value is -0.130. The molecule has 0 aliphatic carbocycles. The number of nitrogens with one attached hydrogen (secondary N) is 1. The summed E-state index contributed by atoms with van der Waals surface area (Å²) in [5.41, 5.74) is 0.481. The van der Waals surface area contributed by atoms with Crippen molar-refractivity contribution in [1.82, 2.24) is 5.32 Å². The molecule has 1 saturated heterocycles. The maximum atomic E-state index is 5.19. The molecule has 1 N–H and O–H groups in total. The number of hydrogen-bond acceptors (Lipinski definition) is 2. The Morgan fingerprint density at radius 3 is 3.00 bits per heavy atom. The molecule has 1 heterocycles. The lowest BCUT2D eigenvalue weighted by Gasteiger charge is -2.34. The van der Waals surface area contributed by atoms with E-state index in [4.69, 9.17) is 6.42 Å². The van der Waals surface area contributed by atoms with Gasteiger partial charge in [-0.1, -0.05) is 19.8 Å². The molecule has 1 rings (SSSR count). The molecule has 1 unspecified atom stereocenters. The van der Waals surface area contributed by atoms with Gasteiger partial charge in [-0.25, -0.2) is 0 Å². The lowest BCUT2D eigenvalue weighted by molar-refractivity contribution is 0.324. The molecule has 1 fully saturated rings. The molecule has 0 radical (unpaired) electrons. The average Bonchev–Trinajstić information content (AvgIpc) is 1.99. The van der Waals surface area contributed by atoms with Crippen LogP contribution in [0.1, 0.15) is 20.3 Å². The topological polar surface area (TPSA) is 12.0 Å². The number of thioether (sulfide) groups is 1. The number of terminal acetylenes is 1. The van der Waals surface area contributed by atoms with Crippen molar-refractivity contribution in [1.29, 1.82) is 0 Å². The van der Waals surface area contributed by atoms with Gasteiger partial charge in [0.15, 0.2) is 0 Å². The summed E-state index contributed by atoms with van der Waals surface area (Å²) in [5, 5.41) is 3.37. The lowest BCUT2D eigenvalue weighted by atomic mass is 9.88. The van der Waals surface area contributed by atoms with Crippen molar-refractivity contribution >= 4 is 11.8 Å². The van der Waals surface area contributed by atoms with Gasteiger partial charge in [0.05, 0.1) is 6.54 Å². The number of hydrogen-bond donors (Lipinski definition) is 1. The van der Waals surface area contributed by atoms with Crippen molar-refractivity contribution in [2.75, 3.05) is 18.1 Å². The van der Waals surface area contributed by atoms with Crippen LogP contribution in [0, 0.1) is 17.8 Å². The van der Waals surface area contributed by atoms with E-state index in [1.165, 1.54) is 17.9 Å². The van der Waals surface area contributed by atoms with Gasteiger partial charge in [0.25, 0.3) is 0 Å². The van der Waals surface area contributed by atoms with Crippen LogP contribution in [-0.4, -0.2) is 24.1 Å². The quantitative estimate of drug-likeness (QED) is 0.655. The minimum Gasteiger partial charge on any atom is -0.303 e. The highest BCUT2D eigenvalue weighted by Crippen LogP contribution is 2.33. The second-order valence-electron chi connectivity index (χ2n) is 4.17. The van der Waals surface area contributed by atoms with Gasteiger partial charge in [-0.3, -0.25) is 0 Å². The van der Waals surface area contributed by atoms with E-state index in [-0.39, 0.29) is 0 Å². The van der Waals surface area contributed by atoms with Crippen molar-refractivity contribution in [3.05, 3.63) is 0 Å². The van der Waals surface area contributed by atoms with Crippen LogP contribution in [0.5, 0.6) is 0 Å². The summed E-state index contributed by atoms with van der Waals surface area (Å²) in [7, 11) is 0. The molecular formula is C10H17NS. The predicted molar refractivity (Wildman–Crippen MR) is 56.3 cm³/mol. The summed E-state index contributed by atoms with van der Waals surface area (Å²) in [5.74, 6) is 5.11. The Morgan fingerprint density at radius 1 is 1.67 bits per heavy atom. The van der Waals surface area contributed by atoms with Crippen LogP contribution in [0.15, 0.2) is 0 Å². The molecule has 0 spiro atoms. The van der Waals surface area contributed by atoms with E-state index in [1.807, 2.05) is 11.8 Å². The molecule has 12 heavy (non-hydrogen) atoms. The van der Waals surface area contributed by atoms with E-state index in [1.54, 1.807) is 0 Å². The maximum absolute atomic E-state index is 5.19. The van der Waals surface area contributed by atoms with Gasteiger partial charge in [-0.05, 0) is 17.6 Å². The Morgan fingerprint density at radius 2 is 2.42 bits per heavy atom. The monoisotopic (exact) mass is 183 g/mol. The van der Waals surface area contributed by atoms with Crippen LogP contribution in [0.25, 0.3) is 0 Å². The zero-order valence-electron chi connectivity index (χ0n) is 7.89. The summed E-state index contributed by atoms with van der Waals surface area (Å²) < 4.78 is 0. The molecule has 0 aromatic heterocycles. The fourth-order valence-electron chi connectivity index (χ4n) is 1.60. The molecule has 0 bridgehead atoms. The third kappa shape index (κ3) is 3.08. The summed E-state index contributed by atoms with van der Waals surface area (Å²) >= 11 is 2.03. The first kappa shape index (κ1) is 9.95. The summed E-state index contributed by atoms with van der Waals surface area (Å²) in [6, 6.07) is 0.620. The third-order valence-corrected chi connectivity index (χ3v) is 3.73. The molecule has 1 nitrogen and oxygen atoms in total. The molecule has 0 amide bonds. The highest BCUT2D eigenvalue weighted by molar-refractivity contribution is 7.99. The fourth-order valence-corrected chi connectivity index (χ4v) is 2.91. The van der Waals surface area contributed by atoms with E-state index in [9.17, 15) is 0 Å². The second-order valence-corrected chi connectivity index (χ2v) is 5.20. The van der Waals surface area contributed by atoms with Crippen molar-refractivity contribution in [3.8, 4) is 12.3 Å². The summed E-state index contributed by atoms with van der Waals surface area (Å²) in [4.78, 5) is 0. The average molecular weight is 183 g/mol. The Labute approximate surface area is 79.7 Å². The molecular weight excluding hydrogens is 166 g/mol. The van der Waals surface area contributed by atoms with Crippen LogP contribution < -0.4 is 5.32 Å². The highest BCUT2D eigenvalue weighted by Gasteiger charge is 2.27. The SMILES string of the molecule is C#CCNC1CSCC(C)(C)C1. The largest absolute Gasteiger partial charge is 0.303 e. The van der Waals surface area contributed by atoms with E-state index in [0.717, 1.165) is 0 Å². The van der Waals surface area contributed by atoms with Crippen molar-refractivity contribution in [2.24, 2.45) is 5.41 Å².